The fraction of sp³-hybridized carbons (Fsp3) is 0.105. The zero-order valence-corrected chi connectivity index (χ0v) is 14.3. The Morgan fingerprint density at radius 2 is 2.00 bits per heavy atom. The van der Waals surface area contributed by atoms with Crippen molar-refractivity contribution in [3.05, 3.63) is 72.1 Å². The number of nitrogens with one attached hydrogen (secondary N) is 1. The Morgan fingerprint density at radius 3 is 2.81 bits per heavy atom. The van der Waals surface area contributed by atoms with Crippen LogP contribution in [0.2, 0.25) is 0 Å². The van der Waals surface area contributed by atoms with Gasteiger partial charge in [-0.2, -0.15) is 4.98 Å². The third-order valence-corrected chi connectivity index (χ3v) is 3.96. The Bertz CT molecular complexity index is 1110. The Labute approximate surface area is 153 Å². The Kier molecular flexibility index (Phi) is 4.29. The van der Waals surface area contributed by atoms with Crippen molar-refractivity contribution < 1.29 is 13.7 Å². The lowest BCUT2D eigenvalue weighted by Gasteiger charge is -2.09. The molecular formula is C19H14FN5O2. The summed E-state index contributed by atoms with van der Waals surface area (Å²) >= 11 is 0. The molecule has 134 valence electrons. The molecule has 1 atom stereocenters. The Balaban J connectivity index is 1.53. The van der Waals surface area contributed by atoms with Crippen LogP contribution in [0.4, 0.5) is 4.39 Å². The largest absolute Gasteiger partial charge is 0.339 e. The van der Waals surface area contributed by atoms with E-state index in [1.165, 1.54) is 12.1 Å². The van der Waals surface area contributed by atoms with E-state index in [1.54, 1.807) is 43.5 Å². The van der Waals surface area contributed by atoms with Gasteiger partial charge in [0.2, 0.25) is 11.7 Å². The van der Waals surface area contributed by atoms with Crippen molar-refractivity contribution in [3.63, 3.8) is 0 Å². The number of amides is 1. The smallest absolute Gasteiger partial charge is 0.270 e. The van der Waals surface area contributed by atoms with E-state index in [4.69, 9.17) is 4.52 Å². The van der Waals surface area contributed by atoms with Gasteiger partial charge in [-0.15, -0.1) is 0 Å². The quantitative estimate of drug-likeness (QED) is 0.598. The minimum Gasteiger partial charge on any atom is -0.339 e. The van der Waals surface area contributed by atoms with Crippen molar-refractivity contribution >= 4 is 16.8 Å². The molecule has 1 aromatic carbocycles. The second kappa shape index (κ2) is 6.91. The van der Waals surface area contributed by atoms with Crippen molar-refractivity contribution in [1.29, 1.82) is 0 Å². The number of hydrogen-bond donors (Lipinski definition) is 1. The summed E-state index contributed by atoms with van der Waals surface area (Å²) in [5.74, 6) is -0.383. The highest BCUT2D eigenvalue weighted by Crippen LogP contribution is 2.18. The SMILES string of the molecule is C[C@@H](NC(=O)c1ccc2cccc(F)c2n1)c1nc(-c2ccccn2)no1. The molecular weight excluding hydrogens is 349 g/mol. The minimum absolute atomic E-state index is 0.101. The number of hydrogen-bond acceptors (Lipinski definition) is 6. The van der Waals surface area contributed by atoms with Crippen molar-refractivity contribution in [3.8, 4) is 11.5 Å². The molecule has 0 aliphatic carbocycles. The summed E-state index contributed by atoms with van der Waals surface area (Å²) in [5.41, 5.74) is 0.814. The van der Waals surface area contributed by atoms with Crippen molar-refractivity contribution in [2.75, 3.05) is 0 Å². The fourth-order valence-electron chi connectivity index (χ4n) is 2.58. The van der Waals surface area contributed by atoms with Gasteiger partial charge in [0.05, 0.1) is 0 Å². The van der Waals surface area contributed by atoms with E-state index in [0.717, 1.165) is 0 Å². The number of aromatic nitrogens is 4. The van der Waals surface area contributed by atoms with E-state index in [0.29, 0.717) is 16.9 Å². The number of carbonyl (C=O) groups excluding carboxylic acids is 1. The summed E-state index contributed by atoms with van der Waals surface area (Å²) in [6.07, 6.45) is 1.63. The van der Waals surface area contributed by atoms with Crippen molar-refractivity contribution in [2.45, 2.75) is 13.0 Å². The van der Waals surface area contributed by atoms with Gasteiger partial charge in [-0.25, -0.2) is 9.37 Å². The van der Waals surface area contributed by atoms with Gasteiger partial charge in [0.25, 0.3) is 5.91 Å². The van der Waals surface area contributed by atoms with Gasteiger partial charge in [-0.3, -0.25) is 9.78 Å². The normalized spacial score (nSPS) is 12.1. The summed E-state index contributed by atoms with van der Waals surface area (Å²) < 4.78 is 19.1. The van der Waals surface area contributed by atoms with Gasteiger partial charge in [0, 0.05) is 11.6 Å². The first kappa shape index (κ1) is 16.8. The zero-order chi connectivity index (χ0) is 18.8. The average molecular weight is 363 g/mol. The standard InChI is InChI=1S/C19H14FN5O2/c1-11(19-24-17(25-27-19)14-7-2-3-10-21-14)22-18(26)15-9-8-12-5-4-6-13(20)16(12)23-15/h2-11H,1H3,(H,22,26)/t11-/m1/s1. The van der Waals surface area contributed by atoms with Crippen LogP contribution in [0.5, 0.6) is 0 Å². The first-order valence-electron chi connectivity index (χ1n) is 8.23. The fourth-order valence-corrected chi connectivity index (χ4v) is 2.58. The number of para-hydroxylation sites is 1. The lowest BCUT2D eigenvalue weighted by atomic mass is 10.2. The number of halogens is 1. The summed E-state index contributed by atoms with van der Waals surface area (Å²) in [6, 6.07) is 12.6. The Morgan fingerprint density at radius 1 is 1.11 bits per heavy atom. The molecule has 0 fully saturated rings. The van der Waals surface area contributed by atoms with Gasteiger partial charge < -0.3 is 9.84 Å². The van der Waals surface area contributed by atoms with E-state index < -0.39 is 17.8 Å². The molecule has 0 saturated carbocycles. The predicted octanol–water partition coefficient (Wildman–Crippen LogP) is 3.31. The molecule has 1 N–H and O–H groups in total. The van der Waals surface area contributed by atoms with Crippen LogP contribution in [0.1, 0.15) is 29.3 Å². The topological polar surface area (TPSA) is 93.8 Å². The molecule has 1 amide bonds. The number of pyridine rings is 2. The molecule has 0 spiro atoms. The molecule has 3 heterocycles. The molecule has 0 saturated heterocycles. The van der Waals surface area contributed by atoms with Crippen LogP contribution >= 0.6 is 0 Å². The summed E-state index contributed by atoms with van der Waals surface area (Å²) in [6.45, 7) is 1.70. The highest BCUT2D eigenvalue weighted by Gasteiger charge is 2.19. The van der Waals surface area contributed by atoms with Gasteiger partial charge >= 0.3 is 0 Å². The molecule has 7 nitrogen and oxygen atoms in total. The van der Waals surface area contributed by atoms with Crippen LogP contribution in [0, 0.1) is 5.82 Å². The number of benzene rings is 1. The Hall–Kier alpha value is -3.68. The predicted molar refractivity (Wildman–Crippen MR) is 95.1 cm³/mol. The summed E-state index contributed by atoms with van der Waals surface area (Å²) in [4.78, 5) is 25.0. The zero-order valence-electron chi connectivity index (χ0n) is 14.3. The highest BCUT2D eigenvalue weighted by atomic mass is 19.1. The summed E-state index contributed by atoms with van der Waals surface area (Å²) in [7, 11) is 0. The van der Waals surface area contributed by atoms with Crippen molar-refractivity contribution in [2.24, 2.45) is 0 Å². The van der Waals surface area contributed by atoms with Crippen LogP contribution < -0.4 is 5.32 Å². The number of carbonyl (C=O) groups is 1. The van der Waals surface area contributed by atoms with E-state index in [1.807, 2.05) is 6.07 Å². The molecule has 0 aliphatic heterocycles. The number of nitrogens with zero attached hydrogens (tertiary/aromatic N) is 4. The summed E-state index contributed by atoms with van der Waals surface area (Å²) in [5, 5.41) is 7.22. The van der Waals surface area contributed by atoms with E-state index in [9.17, 15) is 9.18 Å². The maximum atomic E-state index is 13.9. The van der Waals surface area contributed by atoms with Crippen LogP contribution in [-0.2, 0) is 0 Å². The van der Waals surface area contributed by atoms with Crippen LogP contribution in [0.25, 0.3) is 22.4 Å². The maximum absolute atomic E-state index is 13.9. The lowest BCUT2D eigenvalue weighted by Crippen LogP contribution is -2.27. The second-order valence-electron chi connectivity index (χ2n) is 5.87. The monoisotopic (exact) mass is 363 g/mol. The minimum atomic E-state index is -0.555. The molecule has 4 aromatic rings. The van der Waals surface area contributed by atoms with Crippen molar-refractivity contribution in [1.82, 2.24) is 25.4 Å². The number of rotatable bonds is 4. The van der Waals surface area contributed by atoms with E-state index in [-0.39, 0.29) is 17.1 Å². The van der Waals surface area contributed by atoms with Crippen LogP contribution in [0.3, 0.4) is 0 Å². The second-order valence-corrected chi connectivity index (χ2v) is 5.87. The van der Waals surface area contributed by atoms with Gasteiger partial charge in [0.1, 0.15) is 28.8 Å². The molecule has 0 radical (unpaired) electrons. The molecule has 0 unspecified atom stereocenters. The molecule has 0 bridgehead atoms. The first-order chi connectivity index (χ1) is 13.1. The van der Waals surface area contributed by atoms with E-state index >= 15 is 0 Å². The van der Waals surface area contributed by atoms with Crippen LogP contribution in [0.15, 0.2) is 59.3 Å². The molecule has 8 heteroatoms. The molecule has 4 rings (SSSR count). The molecule has 0 aliphatic rings. The third-order valence-electron chi connectivity index (χ3n) is 3.96. The maximum Gasteiger partial charge on any atom is 0.270 e. The highest BCUT2D eigenvalue weighted by molar-refractivity contribution is 5.95. The average Bonchev–Trinajstić information content (AvgIpc) is 3.19. The number of fused-ring (bicyclic) bond motifs is 1. The van der Waals surface area contributed by atoms with Gasteiger partial charge in [-0.05, 0) is 31.2 Å². The molecule has 27 heavy (non-hydrogen) atoms. The van der Waals surface area contributed by atoms with E-state index in [2.05, 4.69) is 25.4 Å². The van der Waals surface area contributed by atoms with Gasteiger partial charge in [0.15, 0.2) is 0 Å². The van der Waals surface area contributed by atoms with Gasteiger partial charge in [-0.1, -0.05) is 29.4 Å². The lowest BCUT2D eigenvalue weighted by molar-refractivity contribution is 0.0928. The van der Waals surface area contributed by atoms with Crippen LogP contribution in [-0.4, -0.2) is 26.0 Å². The molecule has 3 aromatic heterocycles. The first-order valence-corrected chi connectivity index (χ1v) is 8.23. The third kappa shape index (κ3) is 3.37.